The molecular weight excluding hydrogens is 314 g/mol. The van der Waals surface area contributed by atoms with E-state index in [1.165, 1.54) is 0 Å². The highest BCUT2D eigenvalue weighted by molar-refractivity contribution is 5.76. The number of aromatic nitrogens is 4. The number of carbonyl (C=O) groups excluding carboxylic acids is 1. The van der Waals surface area contributed by atoms with Gasteiger partial charge in [0.1, 0.15) is 5.82 Å². The first-order chi connectivity index (χ1) is 11.9. The Morgan fingerprint density at radius 1 is 1.28 bits per heavy atom. The smallest absolute Gasteiger partial charge is 0.222 e. The Kier molecular flexibility index (Phi) is 5.25. The van der Waals surface area contributed by atoms with E-state index in [4.69, 9.17) is 0 Å². The largest absolute Gasteiger partial charge is 0.342 e. The highest BCUT2D eigenvalue weighted by Crippen LogP contribution is 2.26. The highest BCUT2D eigenvalue weighted by atomic mass is 16.2. The second kappa shape index (κ2) is 7.42. The lowest BCUT2D eigenvalue weighted by Gasteiger charge is -2.32. The van der Waals surface area contributed by atoms with Gasteiger partial charge < -0.3 is 9.47 Å². The predicted octanol–water partition coefficient (Wildman–Crippen LogP) is 2.73. The SMILES string of the molecule is Cc1cn(C)c(C2CCCN(C(=O)CCCn3nc(C)cc3C)C2)n1. The molecule has 0 spiro atoms. The zero-order chi connectivity index (χ0) is 18.0. The van der Waals surface area contributed by atoms with Gasteiger partial charge >= 0.3 is 0 Å². The summed E-state index contributed by atoms with van der Waals surface area (Å²) in [6.45, 7) is 8.56. The molecule has 1 amide bonds. The van der Waals surface area contributed by atoms with Crippen LogP contribution in [-0.4, -0.2) is 43.2 Å². The van der Waals surface area contributed by atoms with Crippen molar-refractivity contribution in [2.24, 2.45) is 7.05 Å². The van der Waals surface area contributed by atoms with Crippen LogP contribution in [0.25, 0.3) is 0 Å². The fourth-order valence-corrected chi connectivity index (χ4v) is 3.87. The molecule has 3 rings (SSSR count). The molecule has 0 bridgehead atoms. The van der Waals surface area contributed by atoms with E-state index in [0.29, 0.717) is 12.3 Å². The van der Waals surface area contributed by atoms with Gasteiger partial charge in [0.25, 0.3) is 0 Å². The van der Waals surface area contributed by atoms with Gasteiger partial charge in [-0.05, 0) is 46.1 Å². The summed E-state index contributed by atoms with van der Waals surface area (Å²) >= 11 is 0. The van der Waals surface area contributed by atoms with Gasteiger partial charge in [0.2, 0.25) is 5.91 Å². The topological polar surface area (TPSA) is 56.0 Å². The molecule has 6 nitrogen and oxygen atoms in total. The molecular formula is C19H29N5O. The average Bonchev–Trinajstić information content (AvgIpc) is 3.08. The summed E-state index contributed by atoms with van der Waals surface area (Å²) in [6, 6.07) is 2.08. The van der Waals surface area contributed by atoms with E-state index in [9.17, 15) is 4.79 Å². The number of likely N-dealkylation sites (tertiary alicyclic amines) is 1. The van der Waals surface area contributed by atoms with Crippen LogP contribution in [0.4, 0.5) is 0 Å². The Balaban J connectivity index is 1.53. The van der Waals surface area contributed by atoms with Crippen molar-refractivity contribution in [1.29, 1.82) is 0 Å². The number of aryl methyl sites for hydroxylation is 5. The van der Waals surface area contributed by atoms with Crippen molar-refractivity contribution in [1.82, 2.24) is 24.2 Å². The first-order valence-electron chi connectivity index (χ1n) is 9.22. The van der Waals surface area contributed by atoms with Gasteiger partial charge in [-0.15, -0.1) is 0 Å². The normalized spacial score (nSPS) is 17.9. The zero-order valence-electron chi connectivity index (χ0n) is 15.8. The van der Waals surface area contributed by atoms with E-state index in [1.807, 2.05) is 30.5 Å². The van der Waals surface area contributed by atoms with Crippen LogP contribution in [0.15, 0.2) is 12.3 Å². The second-order valence-corrected chi connectivity index (χ2v) is 7.28. The van der Waals surface area contributed by atoms with Gasteiger partial charge in [0.05, 0.1) is 11.4 Å². The van der Waals surface area contributed by atoms with E-state index in [2.05, 4.69) is 33.8 Å². The van der Waals surface area contributed by atoms with E-state index < -0.39 is 0 Å². The summed E-state index contributed by atoms with van der Waals surface area (Å²) in [4.78, 5) is 19.3. The third-order valence-corrected chi connectivity index (χ3v) is 5.04. The lowest BCUT2D eigenvalue weighted by Crippen LogP contribution is -2.39. The van der Waals surface area contributed by atoms with Crippen LogP contribution in [-0.2, 0) is 18.4 Å². The molecule has 0 N–H and O–H groups in total. The molecule has 1 saturated heterocycles. The van der Waals surface area contributed by atoms with Crippen molar-refractivity contribution in [2.45, 2.75) is 58.9 Å². The third-order valence-electron chi connectivity index (χ3n) is 5.04. The lowest BCUT2D eigenvalue weighted by molar-refractivity contribution is -0.132. The number of amides is 1. The Morgan fingerprint density at radius 2 is 2.08 bits per heavy atom. The Labute approximate surface area is 149 Å². The first-order valence-corrected chi connectivity index (χ1v) is 9.22. The van der Waals surface area contributed by atoms with Gasteiger partial charge in [0.15, 0.2) is 0 Å². The number of piperidine rings is 1. The van der Waals surface area contributed by atoms with Crippen molar-refractivity contribution in [3.8, 4) is 0 Å². The second-order valence-electron chi connectivity index (χ2n) is 7.28. The molecule has 25 heavy (non-hydrogen) atoms. The van der Waals surface area contributed by atoms with Crippen LogP contribution in [0.3, 0.4) is 0 Å². The maximum atomic E-state index is 12.6. The first kappa shape index (κ1) is 17.7. The quantitative estimate of drug-likeness (QED) is 0.839. The fourth-order valence-electron chi connectivity index (χ4n) is 3.87. The van der Waals surface area contributed by atoms with Crippen LogP contribution < -0.4 is 0 Å². The van der Waals surface area contributed by atoms with Crippen molar-refractivity contribution >= 4 is 5.91 Å². The standard InChI is InChI=1S/C19H29N5O/c1-14-11-16(3)24(21-14)10-6-8-18(25)23-9-5-7-17(13-23)19-20-15(2)12-22(19)4/h11-12,17H,5-10,13H2,1-4H3. The zero-order valence-corrected chi connectivity index (χ0v) is 15.8. The van der Waals surface area contributed by atoms with Gasteiger partial charge in [-0.3, -0.25) is 9.48 Å². The summed E-state index contributed by atoms with van der Waals surface area (Å²) in [7, 11) is 2.05. The van der Waals surface area contributed by atoms with Crippen molar-refractivity contribution in [3.63, 3.8) is 0 Å². The van der Waals surface area contributed by atoms with Gasteiger partial charge in [-0.25, -0.2) is 4.98 Å². The number of nitrogens with zero attached hydrogens (tertiary/aromatic N) is 5. The maximum Gasteiger partial charge on any atom is 0.222 e. The average molecular weight is 343 g/mol. The van der Waals surface area contributed by atoms with Crippen LogP contribution in [0, 0.1) is 20.8 Å². The van der Waals surface area contributed by atoms with E-state index >= 15 is 0 Å². The monoisotopic (exact) mass is 343 g/mol. The minimum Gasteiger partial charge on any atom is -0.342 e. The summed E-state index contributed by atoms with van der Waals surface area (Å²) in [5.74, 6) is 1.72. The van der Waals surface area contributed by atoms with Gasteiger partial charge in [-0.2, -0.15) is 5.10 Å². The van der Waals surface area contributed by atoms with Crippen molar-refractivity contribution in [2.75, 3.05) is 13.1 Å². The summed E-state index contributed by atoms with van der Waals surface area (Å²) in [6.07, 6.45) is 5.65. The maximum absolute atomic E-state index is 12.6. The summed E-state index contributed by atoms with van der Waals surface area (Å²) in [5.41, 5.74) is 3.24. The van der Waals surface area contributed by atoms with Crippen molar-refractivity contribution in [3.05, 3.63) is 35.2 Å². The minimum atomic E-state index is 0.261. The molecule has 3 heterocycles. The molecule has 6 heteroatoms. The molecule has 2 aromatic heterocycles. The van der Waals surface area contributed by atoms with E-state index in [1.54, 1.807) is 0 Å². The molecule has 0 aromatic carbocycles. The Hall–Kier alpha value is -2.11. The molecule has 2 aromatic rings. The van der Waals surface area contributed by atoms with Crippen molar-refractivity contribution < 1.29 is 4.79 Å². The predicted molar refractivity (Wildman–Crippen MR) is 97.4 cm³/mol. The molecule has 1 unspecified atom stereocenters. The number of hydrogen-bond acceptors (Lipinski definition) is 3. The third kappa shape index (κ3) is 4.11. The molecule has 0 saturated carbocycles. The molecule has 1 aliphatic heterocycles. The Bertz CT molecular complexity index is 745. The number of carbonyl (C=O) groups is 1. The molecule has 0 aliphatic carbocycles. The van der Waals surface area contributed by atoms with Crippen LogP contribution in [0.2, 0.25) is 0 Å². The Morgan fingerprint density at radius 3 is 2.72 bits per heavy atom. The number of imidazole rings is 1. The number of rotatable bonds is 5. The number of hydrogen-bond donors (Lipinski definition) is 0. The molecule has 1 fully saturated rings. The van der Waals surface area contributed by atoms with Gasteiger partial charge in [-0.1, -0.05) is 0 Å². The molecule has 0 radical (unpaired) electrons. The van der Waals surface area contributed by atoms with E-state index in [0.717, 1.165) is 61.8 Å². The van der Waals surface area contributed by atoms with Crippen LogP contribution in [0.1, 0.15) is 54.5 Å². The van der Waals surface area contributed by atoms with E-state index in [-0.39, 0.29) is 5.91 Å². The summed E-state index contributed by atoms with van der Waals surface area (Å²) < 4.78 is 4.11. The van der Waals surface area contributed by atoms with Gasteiger partial charge in [0, 0.05) is 50.9 Å². The lowest BCUT2D eigenvalue weighted by atomic mass is 9.96. The highest BCUT2D eigenvalue weighted by Gasteiger charge is 2.27. The molecule has 1 atom stereocenters. The molecule has 1 aliphatic rings. The summed E-state index contributed by atoms with van der Waals surface area (Å²) in [5, 5.41) is 4.46. The van der Waals surface area contributed by atoms with Crippen LogP contribution in [0.5, 0.6) is 0 Å². The fraction of sp³-hybridized carbons (Fsp3) is 0.632. The molecule has 136 valence electrons. The minimum absolute atomic E-state index is 0.261. The van der Waals surface area contributed by atoms with Crippen LogP contribution >= 0.6 is 0 Å².